The smallest absolute Gasteiger partial charge is 0.243 e. The summed E-state index contributed by atoms with van der Waals surface area (Å²) in [6.07, 6.45) is 2.09. The van der Waals surface area contributed by atoms with E-state index < -0.39 is 0 Å². The van der Waals surface area contributed by atoms with Crippen molar-refractivity contribution in [3.63, 3.8) is 0 Å². The van der Waals surface area contributed by atoms with E-state index in [0.717, 1.165) is 37.4 Å². The van der Waals surface area contributed by atoms with Gasteiger partial charge < -0.3 is 15.0 Å². The lowest BCUT2D eigenvalue weighted by molar-refractivity contribution is -0.120. The van der Waals surface area contributed by atoms with Crippen LogP contribution in [0.2, 0.25) is 0 Å². The lowest BCUT2D eigenvalue weighted by Crippen LogP contribution is -2.47. The average Bonchev–Trinajstić information content (AvgIpc) is 2.40. The first-order valence-electron chi connectivity index (χ1n) is 6.42. The molecule has 0 bridgehead atoms. The molecule has 0 aromatic heterocycles. The van der Waals surface area contributed by atoms with Gasteiger partial charge in [0.25, 0.3) is 0 Å². The summed E-state index contributed by atoms with van der Waals surface area (Å²) in [7, 11) is 1.63. The fourth-order valence-electron chi connectivity index (χ4n) is 2.24. The third-order valence-electron chi connectivity index (χ3n) is 3.27. The van der Waals surface area contributed by atoms with Gasteiger partial charge in [-0.1, -0.05) is 12.1 Å². The van der Waals surface area contributed by atoms with Crippen LogP contribution in [-0.4, -0.2) is 32.1 Å². The van der Waals surface area contributed by atoms with Crippen LogP contribution in [0.3, 0.4) is 0 Å². The highest BCUT2D eigenvalue weighted by atomic mass is 16.5. The third-order valence-corrected chi connectivity index (χ3v) is 3.27. The van der Waals surface area contributed by atoms with E-state index in [1.165, 1.54) is 0 Å². The van der Waals surface area contributed by atoms with Gasteiger partial charge in [-0.25, -0.2) is 0 Å². The first kappa shape index (κ1) is 12.9. The van der Waals surface area contributed by atoms with Gasteiger partial charge in [0.1, 0.15) is 5.75 Å². The number of carbonyl (C=O) groups is 1. The Morgan fingerprint density at radius 1 is 1.33 bits per heavy atom. The Kier molecular flexibility index (Phi) is 4.20. The van der Waals surface area contributed by atoms with E-state index in [1.54, 1.807) is 7.11 Å². The van der Waals surface area contributed by atoms with E-state index >= 15 is 0 Å². The van der Waals surface area contributed by atoms with Crippen LogP contribution < -0.4 is 15.0 Å². The van der Waals surface area contributed by atoms with Crippen LogP contribution in [0.4, 0.5) is 5.69 Å². The Labute approximate surface area is 108 Å². The molecular formula is C14H20N2O2. The van der Waals surface area contributed by atoms with E-state index in [4.69, 9.17) is 4.74 Å². The molecule has 1 aliphatic rings. The van der Waals surface area contributed by atoms with Crippen molar-refractivity contribution in [2.75, 3.05) is 25.1 Å². The normalized spacial score (nSPS) is 21.3. The lowest BCUT2D eigenvalue weighted by Gasteiger charge is -2.29. The zero-order valence-corrected chi connectivity index (χ0v) is 11.0. The van der Waals surface area contributed by atoms with Gasteiger partial charge in [-0.2, -0.15) is 0 Å². The van der Waals surface area contributed by atoms with Crippen LogP contribution in [-0.2, 0) is 4.79 Å². The van der Waals surface area contributed by atoms with Crippen LogP contribution in [0.5, 0.6) is 5.75 Å². The van der Waals surface area contributed by atoms with Crippen molar-refractivity contribution in [2.45, 2.75) is 25.8 Å². The fraction of sp³-hybridized carbons (Fsp3) is 0.500. The van der Waals surface area contributed by atoms with Crippen molar-refractivity contribution in [1.29, 1.82) is 0 Å². The summed E-state index contributed by atoms with van der Waals surface area (Å²) in [6, 6.07) is 7.53. The van der Waals surface area contributed by atoms with E-state index in [1.807, 2.05) is 36.1 Å². The number of hydrogen-bond donors (Lipinski definition) is 1. The van der Waals surface area contributed by atoms with E-state index in [0.29, 0.717) is 0 Å². The Bertz CT molecular complexity index is 420. The fourth-order valence-corrected chi connectivity index (χ4v) is 2.24. The second-order valence-electron chi connectivity index (χ2n) is 4.54. The molecule has 0 aliphatic carbocycles. The highest BCUT2D eigenvalue weighted by Gasteiger charge is 2.24. The molecule has 0 radical (unpaired) electrons. The molecule has 1 atom stereocenters. The minimum absolute atomic E-state index is 0.110. The molecule has 2 rings (SSSR count). The number of carbonyl (C=O) groups excluding carboxylic acids is 1. The Balaban J connectivity index is 2.30. The van der Waals surface area contributed by atoms with Crippen molar-refractivity contribution in [2.24, 2.45) is 0 Å². The largest absolute Gasteiger partial charge is 0.495 e. The van der Waals surface area contributed by atoms with Gasteiger partial charge in [0.2, 0.25) is 5.91 Å². The van der Waals surface area contributed by atoms with Gasteiger partial charge in [-0.15, -0.1) is 0 Å². The predicted molar refractivity (Wildman–Crippen MR) is 72.0 cm³/mol. The summed E-state index contributed by atoms with van der Waals surface area (Å²) in [6.45, 7) is 3.58. The van der Waals surface area contributed by atoms with Crippen molar-refractivity contribution in [1.82, 2.24) is 5.32 Å². The number of nitrogens with zero attached hydrogens (tertiary/aromatic N) is 1. The molecule has 4 heteroatoms. The van der Waals surface area contributed by atoms with Crippen molar-refractivity contribution >= 4 is 11.6 Å². The number of nitrogens with one attached hydrogen (secondary N) is 1. The molecule has 0 saturated carbocycles. The SMILES string of the molecule is COc1ccccc1N1CCCCNC(C)C1=O. The maximum absolute atomic E-state index is 12.4. The average molecular weight is 248 g/mol. The number of amides is 1. The van der Waals surface area contributed by atoms with Gasteiger partial charge in [0.05, 0.1) is 18.8 Å². The highest BCUT2D eigenvalue weighted by molar-refractivity contribution is 5.98. The highest BCUT2D eigenvalue weighted by Crippen LogP contribution is 2.28. The number of rotatable bonds is 2. The maximum atomic E-state index is 12.4. The van der Waals surface area contributed by atoms with Gasteiger partial charge >= 0.3 is 0 Å². The lowest BCUT2D eigenvalue weighted by atomic mass is 10.1. The number of benzene rings is 1. The minimum atomic E-state index is -0.143. The maximum Gasteiger partial charge on any atom is 0.243 e. The van der Waals surface area contributed by atoms with Gasteiger partial charge in [0, 0.05) is 6.54 Å². The van der Waals surface area contributed by atoms with Crippen LogP contribution >= 0.6 is 0 Å². The summed E-state index contributed by atoms with van der Waals surface area (Å²) < 4.78 is 5.34. The third kappa shape index (κ3) is 2.64. The predicted octanol–water partition coefficient (Wildman–Crippen LogP) is 1.80. The summed E-state index contributed by atoms with van der Waals surface area (Å²) in [5.74, 6) is 0.859. The van der Waals surface area contributed by atoms with Crippen LogP contribution in [0, 0.1) is 0 Å². The van der Waals surface area contributed by atoms with Gasteiger partial charge in [0.15, 0.2) is 0 Å². The second-order valence-corrected chi connectivity index (χ2v) is 4.54. The van der Waals surface area contributed by atoms with Crippen molar-refractivity contribution < 1.29 is 9.53 Å². The molecule has 98 valence electrons. The van der Waals surface area contributed by atoms with Crippen molar-refractivity contribution in [3.05, 3.63) is 24.3 Å². The standard InChI is InChI=1S/C14H20N2O2/c1-11-14(17)16(10-6-5-9-15-11)12-7-3-4-8-13(12)18-2/h3-4,7-8,11,15H,5-6,9-10H2,1-2H3. The zero-order chi connectivity index (χ0) is 13.0. The summed E-state index contributed by atoms with van der Waals surface area (Å²) in [4.78, 5) is 14.2. The quantitative estimate of drug-likeness (QED) is 0.867. The number of para-hydroxylation sites is 2. The summed E-state index contributed by atoms with van der Waals surface area (Å²) >= 11 is 0. The first-order chi connectivity index (χ1) is 8.74. The molecule has 1 heterocycles. The molecule has 4 nitrogen and oxygen atoms in total. The molecule has 1 saturated heterocycles. The monoisotopic (exact) mass is 248 g/mol. The Morgan fingerprint density at radius 3 is 2.89 bits per heavy atom. The first-order valence-corrected chi connectivity index (χ1v) is 6.42. The van der Waals surface area contributed by atoms with Crippen LogP contribution in [0.15, 0.2) is 24.3 Å². The molecule has 1 fully saturated rings. The van der Waals surface area contributed by atoms with E-state index in [2.05, 4.69) is 5.32 Å². The number of hydrogen-bond acceptors (Lipinski definition) is 3. The molecule has 1 amide bonds. The second kappa shape index (κ2) is 5.87. The van der Waals surface area contributed by atoms with Gasteiger partial charge in [-0.3, -0.25) is 4.79 Å². The summed E-state index contributed by atoms with van der Waals surface area (Å²) in [5.41, 5.74) is 0.862. The van der Waals surface area contributed by atoms with Gasteiger partial charge in [-0.05, 0) is 38.4 Å². The topological polar surface area (TPSA) is 41.6 Å². The Hall–Kier alpha value is -1.55. The number of anilines is 1. The molecular weight excluding hydrogens is 228 g/mol. The Morgan fingerprint density at radius 2 is 2.11 bits per heavy atom. The van der Waals surface area contributed by atoms with E-state index in [-0.39, 0.29) is 11.9 Å². The molecule has 1 aromatic rings. The number of ether oxygens (including phenoxy) is 1. The van der Waals surface area contributed by atoms with Crippen molar-refractivity contribution in [3.8, 4) is 5.75 Å². The molecule has 18 heavy (non-hydrogen) atoms. The molecule has 1 aromatic carbocycles. The summed E-state index contributed by atoms with van der Waals surface area (Å²) in [5, 5.41) is 3.24. The minimum Gasteiger partial charge on any atom is -0.495 e. The number of methoxy groups -OCH3 is 1. The van der Waals surface area contributed by atoms with E-state index in [9.17, 15) is 4.79 Å². The van der Waals surface area contributed by atoms with Crippen LogP contribution in [0.1, 0.15) is 19.8 Å². The molecule has 1 N–H and O–H groups in total. The zero-order valence-electron chi connectivity index (χ0n) is 11.0. The molecule has 1 aliphatic heterocycles. The van der Waals surface area contributed by atoms with Crippen LogP contribution in [0.25, 0.3) is 0 Å². The molecule has 1 unspecified atom stereocenters. The molecule has 0 spiro atoms.